The highest BCUT2D eigenvalue weighted by molar-refractivity contribution is 5.42. The molecule has 1 saturated carbocycles. The van der Waals surface area contributed by atoms with E-state index in [-0.39, 0.29) is 0 Å². The zero-order chi connectivity index (χ0) is 15.2. The maximum absolute atomic E-state index is 4.72. The van der Waals surface area contributed by atoms with Gasteiger partial charge in [0.25, 0.3) is 0 Å². The van der Waals surface area contributed by atoms with E-state index in [0.717, 1.165) is 18.9 Å². The molecule has 1 aromatic rings. The summed E-state index contributed by atoms with van der Waals surface area (Å²) in [5.41, 5.74) is 1.74. The van der Waals surface area contributed by atoms with Gasteiger partial charge in [0.1, 0.15) is 11.6 Å². The molecule has 1 aliphatic carbocycles. The Labute approximate surface area is 133 Å². The number of nitrogens with zero attached hydrogens (tertiary/aromatic N) is 4. The molecule has 0 bridgehead atoms. The first kappa shape index (κ1) is 14.4. The van der Waals surface area contributed by atoms with E-state index in [0.29, 0.717) is 11.5 Å². The Morgan fingerprint density at radius 1 is 1.05 bits per heavy atom. The molecular formula is C18H28N4. The van der Waals surface area contributed by atoms with Crippen LogP contribution in [0.2, 0.25) is 0 Å². The molecule has 0 N–H and O–H groups in total. The Morgan fingerprint density at radius 2 is 1.82 bits per heavy atom. The number of hydrogen-bond donors (Lipinski definition) is 0. The van der Waals surface area contributed by atoms with E-state index in [1.54, 1.807) is 0 Å². The Hall–Kier alpha value is -1.16. The number of hydrogen-bond acceptors (Lipinski definition) is 4. The highest BCUT2D eigenvalue weighted by Gasteiger charge is 2.39. The van der Waals surface area contributed by atoms with Gasteiger partial charge in [-0.05, 0) is 59.0 Å². The second-order valence-corrected chi connectivity index (χ2v) is 7.56. The average molecular weight is 300 g/mol. The molecule has 2 aliphatic heterocycles. The smallest absolute Gasteiger partial charge is 0.132 e. The zero-order valence-electron chi connectivity index (χ0n) is 14.0. The number of likely N-dealkylation sites (tertiary alicyclic amines) is 1. The van der Waals surface area contributed by atoms with Gasteiger partial charge in [-0.1, -0.05) is 6.42 Å². The molecule has 3 aliphatic rings. The fourth-order valence-electron chi connectivity index (χ4n) is 4.34. The lowest BCUT2D eigenvalue weighted by molar-refractivity contribution is 0.0494. The molecule has 3 heterocycles. The summed E-state index contributed by atoms with van der Waals surface area (Å²) < 4.78 is 0. The van der Waals surface area contributed by atoms with Crippen LogP contribution in [0.3, 0.4) is 0 Å². The van der Waals surface area contributed by atoms with E-state index in [2.05, 4.69) is 27.9 Å². The van der Waals surface area contributed by atoms with Crippen LogP contribution in [0.1, 0.15) is 62.4 Å². The predicted octanol–water partition coefficient (Wildman–Crippen LogP) is 3.12. The first-order valence-corrected chi connectivity index (χ1v) is 8.98. The highest BCUT2D eigenvalue weighted by atomic mass is 15.3. The molecule has 0 radical (unpaired) electrons. The van der Waals surface area contributed by atoms with Crippen molar-refractivity contribution in [2.45, 2.75) is 63.3 Å². The minimum Gasteiger partial charge on any atom is -0.356 e. The molecule has 4 heteroatoms. The molecule has 3 fully saturated rings. The van der Waals surface area contributed by atoms with E-state index < -0.39 is 0 Å². The van der Waals surface area contributed by atoms with Gasteiger partial charge in [0, 0.05) is 36.3 Å². The van der Waals surface area contributed by atoms with E-state index in [4.69, 9.17) is 4.98 Å². The van der Waals surface area contributed by atoms with Crippen LogP contribution >= 0.6 is 0 Å². The van der Waals surface area contributed by atoms with Gasteiger partial charge in [0.15, 0.2) is 0 Å². The second kappa shape index (κ2) is 5.48. The van der Waals surface area contributed by atoms with Gasteiger partial charge in [-0.15, -0.1) is 0 Å². The summed E-state index contributed by atoms with van der Waals surface area (Å²) in [6.07, 6.45) is 9.35. The molecule has 120 valence electrons. The van der Waals surface area contributed by atoms with Gasteiger partial charge in [0.05, 0.1) is 0 Å². The summed E-state index contributed by atoms with van der Waals surface area (Å²) in [6.45, 7) is 5.60. The Balaban J connectivity index is 1.49. The Bertz CT molecular complexity index is 544. The summed E-state index contributed by atoms with van der Waals surface area (Å²) >= 11 is 0. The lowest BCUT2D eigenvalue weighted by Gasteiger charge is -2.50. The maximum atomic E-state index is 4.72. The van der Waals surface area contributed by atoms with Gasteiger partial charge < -0.3 is 9.80 Å². The molecule has 2 saturated heterocycles. The molecule has 0 amide bonds. The van der Waals surface area contributed by atoms with E-state index >= 15 is 0 Å². The largest absolute Gasteiger partial charge is 0.356 e. The van der Waals surface area contributed by atoms with Gasteiger partial charge in [-0.25, -0.2) is 9.97 Å². The third kappa shape index (κ3) is 2.62. The minimum atomic E-state index is 0.468. The quantitative estimate of drug-likeness (QED) is 0.840. The Kier molecular flexibility index (Phi) is 3.60. The summed E-state index contributed by atoms with van der Waals surface area (Å²) in [5.74, 6) is 2.82. The number of rotatable bonds is 2. The summed E-state index contributed by atoms with van der Waals surface area (Å²) in [7, 11) is 2.33. The SMILES string of the molecule is Cc1nc(C2CC2)cc(N2CCC3(CCCCN3C)CC2)n1. The fraction of sp³-hybridized carbons (Fsp3) is 0.778. The predicted molar refractivity (Wildman–Crippen MR) is 89.4 cm³/mol. The third-order valence-electron chi connectivity index (χ3n) is 6.05. The van der Waals surface area contributed by atoms with Crippen LogP contribution in [0.15, 0.2) is 6.07 Å². The van der Waals surface area contributed by atoms with Crippen LogP contribution in [0, 0.1) is 6.92 Å². The van der Waals surface area contributed by atoms with Gasteiger partial charge in [0.2, 0.25) is 0 Å². The van der Waals surface area contributed by atoms with Crippen molar-refractivity contribution in [3.05, 3.63) is 17.6 Å². The molecule has 0 unspecified atom stereocenters. The first-order valence-electron chi connectivity index (χ1n) is 8.98. The van der Waals surface area contributed by atoms with E-state index in [9.17, 15) is 0 Å². The summed E-state index contributed by atoms with van der Waals surface area (Å²) in [5, 5.41) is 0. The van der Waals surface area contributed by atoms with Crippen molar-refractivity contribution in [3.8, 4) is 0 Å². The summed E-state index contributed by atoms with van der Waals surface area (Å²) in [6, 6.07) is 2.26. The minimum absolute atomic E-state index is 0.468. The second-order valence-electron chi connectivity index (χ2n) is 7.56. The van der Waals surface area contributed by atoms with Gasteiger partial charge in [-0.3, -0.25) is 0 Å². The number of piperidine rings is 2. The third-order valence-corrected chi connectivity index (χ3v) is 6.05. The molecule has 0 atom stereocenters. The number of aromatic nitrogens is 2. The number of anilines is 1. The zero-order valence-corrected chi connectivity index (χ0v) is 14.0. The van der Waals surface area contributed by atoms with Crippen LogP contribution in [0.4, 0.5) is 5.82 Å². The van der Waals surface area contributed by atoms with Crippen LogP contribution in [0.25, 0.3) is 0 Å². The molecule has 1 spiro atoms. The normalized spacial score (nSPS) is 25.6. The fourth-order valence-corrected chi connectivity index (χ4v) is 4.34. The lowest BCUT2D eigenvalue weighted by atomic mass is 9.79. The Morgan fingerprint density at radius 3 is 2.50 bits per heavy atom. The highest BCUT2D eigenvalue weighted by Crippen LogP contribution is 2.41. The molecule has 4 rings (SSSR count). The number of aryl methyl sites for hydroxylation is 1. The van der Waals surface area contributed by atoms with Crippen molar-refractivity contribution in [3.63, 3.8) is 0 Å². The van der Waals surface area contributed by atoms with Crippen LogP contribution < -0.4 is 4.90 Å². The van der Waals surface area contributed by atoms with Crippen molar-refractivity contribution >= 4 is 5.82 Å². The monoisotopic (exact) mass is 300 g/mol. The molecule has 4 nitrogen and oxygen atoms in total. The van der Waals surface area contributed by atoms with E-state index in [1.165, 1.54) is 63.0 Å². The van der Waals surface area contributed by atoms with E-state index in [1.807, 2.05) is 6.92 Å². The molecular weight excluding hydrogens is 272 g/mol. The van der Waals surface area contributed by atoms with Gasteiger partial charge >= 0.3 is 0 Å². The van der Waals surface area contributed by atoms with Crippen LogP contribution in [0.5, 0.6) is 0 Å². The van der Waals surface area contributed by atoms with Gasteiger partial charge in [-0.2, -0.15) is 0 Å². The molecule has 1 aromatic heterocycles. The molecule has 22 heavy (non-hydrogen) atoms. The van der Waals surface area contributed by atoms with Crippen LogP contribution in [-0.2, 0) is 0 Å². The lowest BCUT2D eigenvalue weighted by Crippen LogP contribution is -2.56. The van der Waals surface area contributed by atoms with Crippen molar-refractivity contribution in [1.82, 2.24) is 14.9 Å². The maximum Gasteiger partial charge on any atom is 0.132 e. The topological polar surface area (TPSA) is 32.3 Å². The summed E-state index contributed by atoms with van der Waals surface area (Å²) in [4.78, 5) is 14.5. The van der Waals surface area contributed by atoms with Crippen molar-refractivity contribution in [2.24, 2.45) is 0 Å². The van der Waals surface area contributed by atoms with Crippen molar-refractivity contribution in [1.29, 1.82) is 0 Å². The van der Waals surface area contributed by atoms with Crippen LogP contribution in [-0.4, -0.2) is 47.1 Å². The first-order chi connectivity index (χ1) is 10.7. The molecule has 0 aromatic carbocycles. The van der Waals surface area contributed by atoms with Crippen molar-refractivity contribution in [2.75, 3.05) is 31.6 Å². The average Bonchev–Trinajstić information content (AvgIpc) is 3.35. The standard InChI is InChI=1S/C18H28N4/c1-14-19-16(15-5-6-15)13-17(20-14)22-11-8-18(9-12-22)7-3-4-10-21(18)2/h13,15H,3-12H2,1-2H3. The van der Waals surface area contributed by atoms with Crippen molar-refractivity contribution < 1.29 is 0 Å².